The van der Waals surface area contributed by atoms with Gasteiger partial charge in [-0.1, -0.05) is 25.5 Å². The molecule has 2 heteroatoms. The van der Waals surface area contributed by atoms with Crippen molar-refractivity contribution in [2.75, 3.05) is 20.6 Å². The first-order valence-electron chi connectivity index (χ1n) is 6.13. The third-order valence-electron chi connectivity index (χ3n) is 3.28. The average Bonchev–Trinajstić information content (AvgIpc) is 2.48. The van der Waals surface area contributed by atoms with Crippen LogP contribution in [0.15, 0.2) is 12.2 Å². The maximum absolute atomic E-state index is 10.5. The lowest BCUT2D eigenvalue weighted by Crippen LogP contribution is -2.37. The van der Waals surface area contributed by atoms with Gasteiger partial charge in [0.05, 0.1) is 5.60 Å². The topological polar surface area (TPSA) is 23.5 Å². The Bertz CT molecular complexity index is 213. The lowest BCUT2D eigenvalue weighted by molar-refractivity contribution is 0.0395. The Morgan fingerprint density at radius 3 is 2.80 bits per heavy atom. The number of nitrogens with zero attached hydrogens (tertiary/aromatic N) is 1. The van der Waals surface area contributed by atoms with Gasteiger partial charge in [-0.25, -0.2) is 0 Å². The number of aliphatic hydroxyl groups is 1. The van der Waals surface area contributed by atoms with E-state index >= 15 is 0 Å². The van der Waals surface area contributed by atoms with Crippen molar-refractivity contribution in [2.45, 2.75) is 44.6 Å². The van der Waals surface area contributed by atoms with Crippen molar-refractivity contribution in [3.05, 3.63) is 12.2 Å². The summed E-state index contributed by atoms with van der Waals surface area (Å²) < 4.78 is 0. The van der Waals surface area contributed by atoms with E-state index < -0.39 is 5.60 Å². The summed E-state index contributed by atoms with van der Waals surface area (Å²) in [6.45, 7) is 3.16. The fourth-order valence-electron chi connectivity index (χ4n) is 2.45. The van der Waals surface area contributed by atoms with Crippen molar-refractivity contribution in [3.63, 3.8) is 0 Å². The fraction of sp³-hybridized carbons (Fsp3) is 0.846. The van der Waals surface area contributed by atoms with Gasteiger partial charge in [0, 0.05) is 12.5 Å². The Hall–Kier alpha value is -0.340. The Morgan fingerprint density at radius 1 is 1.47 bits per heavy atom. The molecule has 2 nitrogen and oxygen atoms in total. The van der Waals surface area contributed by atoms with Crippen LogP contribution in [0.5, 0.6) is 0 Å². The minimum absolute atomic E-state index is 0.417. The van der Waals surface area contributed by atoms with E-state index in [9.17, 15) is 5.11 Å². The molecule has 2 unspecified atom stereocenters. The Morgan fingerprint density at radius 2 is 2.20 bits per heavy atom. The van der Waals surface area contributed by atoms with E-state index in [1.54, 1.807) is 0 Å². The molecule has 0 spiro atoms. The molecule has 0 aromatic heterocycles. The van der Waals surface area contributed by atoms with Gasteiger partial charge in [-0.2, -0.15) is 0 Å². The summed E-state index contributed by atoms with van der Waals surface area (Å²) in [5, 5.41) is 10.5. The molecular weight excluding hydrogens is 186 g/mol. The van der Waals surface area contributed by atoms with Crippen LogP contribution in [0.2, 0.25) is 0 Å². The molecule has 0 bridgehead atoms. The Labute approximate surface area is 94.0 Å². The van der Waals surface area contributed by atoms with Crippen molar-refractivity contribution in [2.24, 2.45) is 5.92 Å². The van der Waals surface area contributed by atoms with Crippen LogP contribution in [0.4, 0.5) is 0 Å². The molecule has 1 N–H and O–H groups in total. The summed E-state index contributed by atoms with van der Waals surface area (Å²) in [6, 6.07) is 0. The van der Waals surface area contributed by atoms with Gasteiger partial charge < -0.3 is 10.0 Å². The summed E-state index contributed by atoms with van der Waals surface area (Å²) >= 11 is 0. The minimum atomic E-state index is -0.528. The lowest BCUT2D eigenvalue weighted by Gasteiger charge is -2.29. The van der Waals surface area contributed by atoms with Crippen LogP contribution in [0.25, 0.3) is 0 Å². The van der Waals surface area contributed by atoms with Gasteiger partial charge in [0.15, 0.2) is 0 Å². The maximum Gasteiger partial charge on any atom is 0.0867 e. The molecule has 2 atom stereocenters. The van der Waals surface area contributed by atoms with Crippen LogP contribution < -0.4 is 0 Å². The maximum atomic E-state index is 10.5. The van der Waals surface area contributed by atoms with Crippen LogP contribution in [0.3, 0.4) is 0 Å². The van der Waals surface area contributed by atoms with Crippen molar-refractivity contribution in [3.8, 4) is 0 Å². The van der Waals surface area contributed by atoms with Crippen LogP contribution in [-0.4, -0.2) is 36.2 Å². The van der Waals surface area contributed by atoms with E-state index in [1.165, 1.54) is 0 Å². The zero-order valence-corrected chi connectivity index (χ0v) is 10.4. The second kappa shape index (κ2) is 5.66. The highest BCUT2D eigenvalue weighted by molar-refractivity contribution is 5.08. The third-order valence-corrected chi connectivity index (χ3v) is 3.28. The highest BCUT2D eigenvalue weighted by Gasteiger charge is 2.38. The van der Waals surface area contributed by atoms with E-state index in [1.807, 2.05) is 0 Å². The fourth-order valence-corrected chi connectivity index (χ4v) is 2.45. The van der Waals surface area contributed by atoms with Crippen molar-refractivity contribution >= 4 is 0 Å². The van der Waals surface area contributed by atoms with Crippen LogP contribution in [0, 0.1) is 5.92 Å². The molecule has 1 aliphatic rings. The van der Waals surface area contributed by atoms with E-state index in [0.717, 1.165) is 38.6 Å². The average molecular weight is 211 g/mol. The quantitative estimate of drug-likeness (QED) is 0.706. The molecule has 1 aliphatic carbocycles. The zero-order valence-electron chi connectivity index (χ0n) is 10.4. The van der Waals surface area contributed by atoms with E-state index in [0.29, 0.717) is 5.92 Å². The molecule has 0 aromatic carbocycles. The Balaban J connectivity index is 2.55. The number of unbranched alkanes of at least 4 members (excludes halogenated alkanes) is 1. The highest BCUT2D eigenvalue weighted by Crippen LogP contribution is 2.37. The van der Waals surface area contributed by atoms with Gasteiger partial charge in [0.2, 0.25) is 0 Å². The molecule has 1 fully saturated rings. The van der Waals surface area contributed by atoms with E-state index in [-0.39, 0.29) is 0 Å². The highest BCUT2D eigenvalue weighted by atomic mass is 16.3. The van der Waals surface area contributed by atoms with Crippen LogP contribution >= 0.6 is 0 Å². The molecular formula is C13H25NO. The molecule has 1 saturated carbocycles. The molecule has 0 radical (unpaired) electrons. The van der Waals surface area contributed by atoms with Crippen molar-refractivity contribution in [1.29, 1.82) is 0 Å². The van der Waals surface area contributed by atoms with Gasteiger partial charge in [0.25, 0.3) is 0 Å². The third kappa shape index (κ3) is 3.62. The lowest BCUT2D eigenvalue weighted by atomic mass is 9.89. The van der Waals surface area contributed by atoms with Gasteiger partial charge in [-0.05, 0) is 39.8 Å². The van der Waals surface area contributed by atoms with Crippen molar-refractivity contribution < 1.29 is 5.11 Å². The largest absolute Gasteiger partial charge is 0.385 e. The monoisotopic (exact) mass is 211 g/mol. The molecule has 15 heavy (non-hydrogen) atoms. The summed E-state index contributed by atoms with van der Waals surface area (Å²) in [6.07, 6.45) is 9.69. The Kier molecular flexibility index (Phi) is 4.81. The molecule has 0 aliphatic heterocycles. The summed E-state index contributed by atoms with van der Waals surface area (Å²) in [4.78, 5) is 2.18. The predicted molar refractivity (Wildman–Crippen MR) is 64.9 cm³/mol. The van der Waals surface area contributed by atoms with Crippen LogP contribution in [-0.2, 0) is 0 Å². The molecule has 88 valence electrons. The van der Waals surface area contributed by atoms with Gasteiger partial charge in [-0.3, -0.25) is 0 Å². The predicted octanol–water partition coefficient (Wildman–Crippen LogP) is 2.44. The SMILES string of the molecule is CCCC=CC1(O)CCCC1CN(C)C. The van der Waals surface area contributed by atoms with Crippen LogP contribution in [0.1, 0.15) is 39.0 Å². The van der Waals surface area contributed by atoms with Gasteiger partial charge in [-0.15, -0.1) is 0 Å². The second-order valence-electron chi connectivity index (χ2n) is 5.03. The molecule has 0 heterocycles. The number of hydrogen-bond acceptors (Lipinski definition) is 2. The first-order chi connectivity index (χ1) is 7.08. The molecule has 1 rings (SSSR count). The summed E-state index contributed by atoms with van der Waals surface area (Å²) in [7, 11) is 4.16. The zero-order chi connectivity index (χ0) is 11.3. The summed E-state index contributed by atoms with van der Waals surface area (Å²) in [5.41, 5.74) is -0.528. The minimum Gasteiger partial charge on any atom is -0.385 e. The van der Waals surface area contributed by atoms with Crippen molar-refractivity contribution in [1.82, 2.24) is 4.90 Å². The number of rotatable bonds is 5. The number of hydrogen-bond donors (Lipinski definition) is 1. The van der Waals surface area contributed by atoms with E-state index in [4.69, 9.17) is 0 Å². The number of allylic oxidation sites excluding steroid dienone is 1. The molecule has 0 amide bonds. The smallest absolute Gasteiger partial charge is 0.0867 e. The first kappa shape index (κ1) is 12.7. The molecule has 0 saturated heterocycles. The summed E-state index contributed by atoms with van der Waals surface area (Å²) in [5.74, 6) is 0.417. The second-order valence-corrected chi connectivity index (χ2v) is 5.03. The van der Waals surface area contributed by atoms with Gasteiger partial charge >= 0.3 is 0 Å². The molecule has 0 aromatic rings. The first-order valence-corrected chi connectivity index (χ1v) is 6.13. The normalized spacial score (nSPS) is 31.9. The van der Waals surface area contributed by atoms with E-state index in [2.05, 4.69) is 38.1 Å². The standard InChI is InChI=1S/C13H25NO/c1-4-5-6-9-13(15)10-7-8-12(13)11-14(2)3/h6,9,12,15H,4-5,7-8,10-11H2,1-3H3. The van der Waals surface area contributed by atoms with Gasteiger partial charge in [0.1, 0.15) is 0 Å².